The van der Waals surface area contributed by atoms with E-state index in [2.05, 4.69) is 9.97 Å². The number of nitrogen functional groups attached to an aromatic ring is 1. The monoisotopic (exact) mass is 346 g/mol. The molecule has 0 aromatic carbocycles. The average Bonchev–Trinajstić information content (AvgIpc) is 3.07. The number of pyridine rings is 1. The summed E-state index contributed by atoms with van der Waals surface area (Å²) in [7, 11) is 0. The first-order chi connectivity index (χ1) is 11.1. The van der Waals surface area contributed by atoms with Crippen LogP contribution in [-0.2, 0) is 6.42 Å². The molecular formula is C15H14N4O2S2. The van der Waals surface area contributed by atoms with Gasteiger partial charge in [0.25, 0.3) is 0 Å². The fourth-order valence-electron chi connectivity index (χ4n) is 3.04. The van der Waals surface area contributed by atoms with Gasteiger partial charge in [-0.25, -0.2) is 9.78 Å². The molecule has 4 rings (SSSR count). The standard InChI is InChI=1S/C15H14N4O2S2/c1-7-12-8(3-5-19(7)15(20)21)11(13(16)23-12)14-18-9-6-17-4-2-10(9)22-14/h2,4,6-7H,3,5,16H2,1H3,(H,20,21)/t7-/m0/s1. The highest BCUT2D eigenvalue weighted by Gasteiger charge is 2.33. The summed E-state index contributed by atoms with van der Waals surface area (Å²) in [5, 5.41) is 10.9. The summed E-state index contributed by atoms with van der Waals surface area (Å²) in [5.74, 6) is 0. The quantitative estimate of drug-likeness (QED) is 0.702. The zero-order chi connectivity index (χ0) is 16.1. The summed E-state index contributed by atoms with van der Waals surface area (Å²) >= 11 is 3.07. The van der Waals surface area contributed by atoms with Gasteiger partial charge in [0.15, 0.2) is 0 Å². The molecule has 1 aliphatic heterocycles. The maximum atomic E-state index is 11.3. The Balaban J connectivity index is 1.85. The number of anilines is 1. The van der Waals surface area contributed by atoms with Crippen LogP contribution in [0.3, 0.4) is 0 Å². The third-order valence-corrected chi connectivity index (χ3v) is 6.45. The number of carboxylic acid groups (broad SMARTS) is 1. The fraction of sp³-hybridized carbons (Fsp3) is 0.267. The number of aromatic nitrogens is 2. The third-order valence-electron chi connectivity index (χ3n) is 4.16. The molecule has 8 heteroatoms. The van der Waals surface area contributed by atoms with Gasteiger partial charge < -0.3 is 15.7 Å². The number of hydrogen-bond acceptors (Lipinski definition) is 6. The van der Waals surface area contributed by atoms with E-state index in [4.69, 9.17) is 5.73 Å². The Morgan fingerprint density at radius 3 is 3.04 bits per heavy atom. The summed E-state index contributed by atoms with van der Waals surface area (Å²) in [6.07, 6.45) is 3.29. The van der Waals surface area contributed by atoms with Crippen molar-refractivity contribution in [2.75, 3.05) is 12.3 Å². The van der Waals surface area contributed by atoms with Gasteiger partial charge in [-0.3, -0.25) is 4.98 Å². The van der Waals surface area contributed by atoms with E-state index in [0.717, 1.165) is 31.2 Å². The Kier molecular flexibility index (Phi) is 3.24. The number of amides is 1. The van der Waals surface area contributed by atoms with Gasteiger partial charge in [0.05, 0.1) is 21.9 Å². The number of thiophene rings is 1. The Labute approximate surface area is 140 Å². The lowest BCUT2D eigenvalue weighted by molar-refractivity contribution is 0.125. The topological polar surface area (TPSA) is 92.3 Å². The maximum absolute atomic E-state index is 11.3. The third kappa shape index (κ3) is 2.17. The first-order valence-corrected chi connectivity index (χ1v) is 8.81. The van der Waals surface area contributed by atoms with Crippen LogP contribution in [0.25, 0.3) is 20.8 Å². The summed E-state index contributed by atoms with van der Waals surface area (Å²) in [6, 6.07) is 1.77. The molecule has 0 bridgehead atoms. The molecule has 23 heavy (non-hydrogen) atoms. The van der Waals surface area contributed by atoms with Gasteiger partial charge in [0, 0.05) is 23.2 Å². The van der Waals surface area contributed by atoms with Gasteiger partial charge in [0.1, 0.15) is 10.5 Å². The minimum atomic E-state index is -0.886. The number of nitrogens with two attached hydrogens (primary N) is 1. The molecule has 3 aromatic heterocycles. The summed E-state index contributed by atoms with van der Waals surface area (Å²) in [5.41, 5.74) is 9.24. The van der Waals surface area contributed by atoms with E-state index in [1.54, 1.807) is 23.7 Å². The van der Waals surface area contributed by atoms with Crippen molar-refractivity contribution in [3.8, 4) is 10.6 Å². The molecule has 0 spiro atoms. The van der Waals surface area contributed by atoms with Crippen molar-refractivity contribution in [3.05, 3.63) is 28.9 Å². The molecule has 1 amide bonds. The molecule has 3 aromatic rings. The van der Waals surface area contributed by atoms with E-state index >= 15 is 0 Å². The first-order valence-electron chi connectivity index (χ1n) is 7.17. The minimum absolute atomic E-state index is 0.173. The van der Waals surface area contributed by atoms with Crippen molar-refractivity contribution < 1.29 is 9.90 Å². The number of thiazole rings is 1. The fourth-order valence-corrected chi connectivity index (χ4v) is 5.31. The average molecular weight is 346 g/mol. The van der Waals surface area contributed by atoms with Crippen LogP contribution in [0.4, 0.5) is 9.80 Å². The van der Waals surface area contributed by atoms with E-state index < -0.39 is 6.09 Å². The molecule has 0 fully saturated rings. The highest BCUT2D eigenvalue weighted by atomic mass is 32.1. The van der Waals surface area contributed by atoms with Crippen molar-refractivity contribution in [2.45, 2.75) is 19.4 Å². The number of hydrogen-bond donors (Lipinski definition) is 2. The molecular weight excluding hydrogens is 332 g/mol. The predicted octanol–water partition coefficient (Wildman–Crippen LogP) is 3.60. The van der Waals surface area contributed by atoms with Gasteiger partial charge in [0.2, 0.25) is 0 Å². The van der Waals surface area contributed by atoms with Gasteiger partial charge in [-0.15, -0.1) is 22.7 Å². The van der Waals surface area contributed by atoms with Gasteiger partial charge in [-0.1, -0.05) is 0 Å². The number of carbonyl (C=O) groups is 1. The van der Waals surface area contributed by atoms with Crippen LogP contribution in [0.15, 0.2) is 18.5 Å². The zero-order valence-corrected chi connectivity index (χ0v) is 13.9. The first kappa shape index (κ1) is 14.4. The SMILES string of the molecule is C[C@H]1c2sc(N)c(-c3nc4cnccc4s3)c2CCN1C(=O)O. The normalized spacial score (nSPS) is 17.4. The Morgan fingerprint density at radius 2 is 2.30 bits per heavy atom. The van der Waals surface area contributed by atoms with E-state index in [-0.39, 0.29) is 6.04 Å². The highest BCUT2D eigenvalue weighted by Crippen LogP contribution is 2.47. The van der Waals surface area contributed by atoms with Crippen LogP contribution < -0.4 is 5.73 Å². The highest BCUT2D eigenvalue weighted by molar-refractivity contribution is 7.22. The van der Waals surface area contributed by atoms with Crippen molar-refractivity contribution >= 4 is 44.0 Å². The van der Waals surface area contributed by atoms with Crippen LogP contribution in [-0.4, -0.2) is 32.6 Å². The summed E-state index contributed by atoms with van der Waals surface area (Å²) < 4.78 is 1.07. The number of fused-ring (bicyclic) bond motifs is 2. The summed E-state index contributed by atoms with van der Waals surface area (Å²) in [6.45, 7) is 2.40. The molecule has 4 heterocycles. The van der Waals surface area contributed by atoms with Crippen molar-refractivity contribution in [3.63, 3.8) is 0 Å². The molecule has 0 aliphatic carbocycles. The molecule has 118 valence electrons. The maximum Gasteiger partial charge on any atom is 0.407 e. The minimum Gasteiger partial charge on any atom is -0.465 e. The van der Waals surface area contributed by atoms with Crippen LogP contribution in [0, 0.1) is 0 Å². The van der Waals surface area contributed by atoms with E-state index in [9.17, 15) is 9.90 Å². The van der Waals surface area contributed by atoms with Crippen molar-refractivity contribution in [1.29, 1.82) is 0 Å². The number of rotatable bonds is 1. The van der Waals surface area contributed by atoms with E-state index in [0.29, 0.717) is 18.0 Å². The molecule has 0 saturated carbocycles. The van der Waals surface area contributed by atoms with Crippen molar-refractivity contribution in [2.24, 2.45) is 0 Å². The van der Waals surface area contributed by atoms with Crippen LogP contribution in [0.2, 0.25) is 0 Å². The number of nitrogens with zero attached hydrogens (tertiary/aromatic N) is 3. The second-order valence-electron chi connectivity index (χ2n) is 5.45. The van der Waals surface area contributed by atoms with E-state index in [1.165, 1.54) is 16.2 Å². The largest absolute Gasteiger partial charge is 0.465 e. The van der Waals surface area contributed by atoms with Crippen LogP contribution in [0.5, 0.6) is 0 Å². The molecule has 1 aliphatic rings. The lowest BCUT2D eigenvalue weighted by atomic mass is 9.99. The molecule has 1 atom stereocenters. The predicted molar refractivity (Wildman–Crippen MR) is 92.0 cm³/mol. The lowest BCUT2D eigenvalue weighted by Crippen LogP contribution is -2.37. The van der Waals surface area contributed by atoms with Crippen molar-refractivity contribution in [1.82, 2.24) is 14.9 Å². The second-order valence-corrected chi connectivity index (χ2v) is 7.56. The molecule has 0 unspecified atom stereocenters. The molecule has 6 nitrogen and oxygen atoms in total. The molecule has 0 radical (unpaired) electrons. The second kappa shape index (κ2) is 5.17. The summed E-state index contributed by atoms with van der Waals surface area (Å²) in [4.78, 5) is 22.6. The Hall–Kier alpha value is -2.19. The van der Waals surface area contributed by atoms with Gasteiger partial charge in [-0.2, -0.15) is 0 Å². The van der Waals surface area contributed by atoms with Crippen LogP contribution in [0.1, 0.15) is 23.4 Å². The Morgan fingerprint density at radius 1 is 1.48 bits per heavy atom. The van der Waals surface area contributed by atoms with Gasteiger partial charge >= 0.3 is 6.09 Å². The van der Waals surface area contributed by atoms with Crippen LogP contribution >= 0.6 is 22.7 Å². The molecule has 3 N–H and O–H groups in total. The van der Waals surface area contributed by atoms with Gasteiger partial charge in [-0.05, 0) is 25.0 Å². The Bertz CT molecular complexity index is 884. The molecule has 0 saturated heterocycles. The van der Waals surface area contributed by atoms with E-state index in [1.807, 2.05) is 13.0 Å². The smallest absolute Gasteiger partial charge is 0.407 e. The zero-order valence-electron chi connectivity index (χ0n) is 12.3. The lowest BCUT2D eigenvalue weighted by Gasteiger charge is -2.31.